The summed E-state index contributed by atoms with van der Waals surface area (Å²) in [6.07, 6.45) is -0.161. The molecular weight excluding hydrogens is 189 g/mol. The van der Waals surface area contributed by atoms with Crippen LogP contribution in [-0.4, -0.2) is 11.0 Å². The lowest BCUT2D eigenvalue weighted by atomic mass is 10.3. The summed E-state index contributed by atoms with van der Waals surface area (Å²) in [7, 11) is 0. The van der Waals surface area contributed by atoms with Gasteiger partial charge in [-0.2, -0.15) is 0 Å². The molecule has 5 heteroatoms. The first-order valence-electron chi connectivity index (χ1n) is 4.11. The van der Waals surface area contributed by atoms with E-state index in [9.17, 15) is 14.5 Å². The molecule has 1 aromatic rings. The maximum absolute atomic E-state index is 13.1. The molecule has 0 spiro atoms. The summed E-state index contributed by atoms with van der Waals surface area (Å²) < 4.78 is 18.2. The molecule has 0 aliphatic rings. The minimum atomic E-state index is -0.715. The van der Waals surface area contributed by atoms with Crippen LogP contribution >= 0.6 is 0 Å². The average molecular weight is 199 g/mol. The van der Waals surface area contributed by atoms with Crippen LogP contribution in [0.2, 0.25) is 0 Å². The van der Waals surface area contributed by atoms with Crippen molar-refractivity contribution in [1.82, 2.24) is 0 Å². The van der Waals surface area contributed by atoms with E-state index in [0.29, 0.717) is 0 Å². The highest BCUT2D eigenvalue weighted by atomic mass is 19.1. The van der Waals surface area contributed by atoms with Gasteiger partial charge in [0, 0.05) is 6.07 Å². The molecule has 14 heavy (non-hydrogen) atoms. The number of ether oxygens (including phenoxy) is 1. The lowest BCUT2D eigenvalue weighted by Crippen LogP contribution is -2.07. The Morgan fingerprint density at radius 2 is 2.14 bits per heavy atom. The van der Waals surface area contributed by atoms with Gasteiger partial charge in [-0.15, -0.1) is 0 Å². The van der Waals surface area contributed by atoms with E-state index in [1.54, 1.807) is 13.8 Å². The Balaban J connectivity index is 2.95. The summed E-state index contributed by atoms with van der Waals surface area (Å²) in [5.74, 6) is -0.682. The first kappa shape index (κ1) is 10.4. The summed E-state index contributed by atoms with van der Waals surface area (Å²) in [5, 5.41) is 10.3. The van der Waals surface area contributed by atoms with E-state index >= 15 is 0 Å². The summed E-state index contributed by atoms with van der Waals surface area (Å²) in [6.45, 7) is 3.50. The number of benzene rings is 1. The maximum atomic E-state index is 13.1. The summed E-state index contributed by atoms with van der Waals surface area (Å²) in [5.41, 5.74) is -0.279. The second-order valence-corrected chi connectivity index (χ2v) is 3.04. The van der Waals surface area contributed by atoms with E-state index in [-0.39, 0.29) is 17.5 Å². The number of rotatable bonds is 3. The fourth-order valence-electron chi connectivity index (χ4n) is 0.953. The molecule has 1 rings (SSSR count). The minimum absolute atomic E-state index is 0.0330. The molecule has 0 unspecified atom stereocenters. The highest BCUT2D eigenvalue weighted by Crippen LogP contribution is 2.23. The Morgan fingerprint density at radius 3 is 2.57 bits per heavy atom. The largest absolute Gasteiger partial charge is 0.488 e. The van der Waals surface area contributed by atoms with Gasteiger partial charge in [-0.05, 0) is 19.9 Å². The topological polar surface area (TPSA) is 52.4 Å². The van der Waals surface area contributed by atoms with Crippen LogP contribution in [0.3, 0.4) is 0 Å². The molecule has 0 aliphatic carbocycles. The van der Waals surface area contributed by atoms with Gasteiger partial charge in [0.25, 0.3) is 5.69 Å². The number of non-ortho nitro benzene ring substituents is 1. The van der Waals surface area contributed by atoms with Gasteiger partial charge in [0.1, 0.15) is 0 Å². The number of hydrogen-bond donors (Lipinski definition) is 0. The number of halogens is 1. The highest BCUT2D eigenvalue weighted by Gasteiger charge is 2.11. The van der Waals surface area contributed by atoms with E-state index in [0.717, 1.165) is 6.07 Å². The standard InChI is InChI=1S/C9H10FNO3/c1-6(2)14-9-4-3-7(11(12)13)5-8(9)10/h3-6H,1-2H3. The third kappa shape index (κ3) is 2.42. The smallest absolute Gasteiger partial charge is 0.272 e. The molecule has 0 N–H and O–H groups in total. The van der Waals surface area contributed by atoms with E-state index < -0.39 is 10.7 Å². The SMILES string of the molecule is CC(C)Oc1ccc([N+](=O)[O-])cc1F. The molecule has 1 aromatic carbocycles. The Kier molecular flexibility index (Phi) is 3.01. The molecule has 0 radical (unpaired) electrons. The molecule has 0 aromatic heterocycles. The van der Waals surface area contributed by atoms with Crippen molar-refractivity contribution in [3.8, 4) is 5.75 Å². The second-order valence-electron chi connectivity index (χ2n) is 3.04. The molecule has 0 aliphatic heterocycles. The van der Waals surface area contributed by atoms with Crippen molar-refractivity contribution >= 4 is 5.69 Å². The van der Waals surface area contributed by atoms with Gasteiger partial charge in [0.15, 0.2) is 11.6 Å². The van der Waals surface area contributed by atoms with Crippen molar-refractivity contribution in [2.45, 2.75) is 20.0 Å². The van der Waals surface area contributed by atoms with Gasteiger partial charge in [-0.1, -0.05) is 0 Å². The third-order valence-electron chi connectivity index (χ3n) is 1.49. The molecule has 4 nitrogen and oxygen atoms in total. The van der Waals surface area contributed by atoms with Gasteiger partial charge in [0.2, 0.25) is 0 Å². The minimum Gasteiger partial charge on any atom is -0.488 e. The maximum Gasteiger partial charge on any atom is 0.272 e. The molecule has 0 fully saturated rings. The predicted molar refractivity (Wildman–Crippen MR) is 48.8 cm³/mol. The van der Waals surface area contributed by atoms with Crippen molar-refractivity contribution in [3.05, 3.63) is 34.1 Å². The molecule has 0 saturated heterocycles. The van der Waals surface area contributed by atoms with Crippen LogP contribution in [0.15, 0.2) is 18.2 Å². The molecule has 0 heterocycles. The zero-order valence-corrected chi connectivity index (χ0v) is 7.86. The Morgan fingerprint density at radius 1 is 1.50 bits per heavy atom. The number of nitro groups is 1. The first-order chi connectivity index (χ1) is 6.50. The van der Waals surface area contributed by atoms with Crippen LogP contribution < -0.4 is 4.74 Å². The number of nitro benzene ring substituents is 1. The molecule has 0 atom stereocenters. The zero-order valence-electron chi connectivity index (χ0n) is 7.86. The lowest BCUT2D eigenvalue weighted by molar-refractivity contribution is -0.385. The first-order valence-corrected chi connectivity index (χ1v) is 4.11. The van der Waals surface area contributed by atoms with Crippen molar-refractivity contribution < 1.29 is 14.1 Å². The fraction of sp³-hybridized carbons (Fsp3) is 0.333. The summed E-state index contributed by atoms with van der Waals surface area (Å²) in [6, 6.07) is 3.31. The van der Waals surface area contributed by atoms with E-state index in [2.05, 4.69) is 0 Å². The van der Waals surface area contributed by atoms with Crippen LogP contribution in [0.4, 0.5) is 10.1 Å². The number of hydrogen-bond acceptors (Lipinski definition) is 3. The molecule has 0 amide bonds. The summed E-state index contributed by atoms with van der Waals surface area (Å²) in [4.78, 5) is 9.63. The molecule has 0 bridgehead atoms. The summed E-state index contributed by atoms with van der Waals surface area (Å²) >= 11 is 0. The predicted octanol–water partition coefficient (Wildman–Crippen LogP) is 2.52. The Labute approximate surface area is 80.5 Å². The fourth-order valence-corrected chi connectivity index (χ4v) is 0.953. The molecule has 76 valence electrons. The Bertz CT molecular complexity index is 352. The van der Waals surface area contributed by atoms with Crippen LogP contribution in [0, 0.1) is 15.9 Å². The average Bonchev–Trinajstić information content (AvgIpc) is 2.07. The van der Waals surface area contributed by atoms with Crippen molar-refractivity contribution in [3.63, 3.8) is 0 Å². The third-order valence-corrected chi connectivity index (χ3v) is 1.49. The van der Waals surface area contributed by atoms with Gasteiger partial charge in [-0.3, -0.25) is 10.1 Å². The monoisotopic (exact) mass is 199 g/mol. The van der Waals surface area contributed by atoms with Crippen molar-refractivity contribution in [1.29, 1.82) is 0 Å². The zero-order chi connectivity index (χ0) is 10.7. The van der Waals surface area contributed by atoms with Crippen molar-refractivity contribution in [2.24, 2.45) is 0 Å². The quantitative estimate of drug-likeness (QED) is 0.555. The van der Waals surface area contributed by atoms with Crippen LogP contribution in [-0.2, 0) is 0 Å². The van der Waals surface area contributed by atoms with Gasteiger partial charge >= 0.3 is 0 Å². The van der Waals surface area contributed by atoms with E-state index in [4.69, 9.17) is 4.74 Å². The normalized spacial score (nSPS) is 10.3. The Hall–Kier alpha value is -1.65. The van der Waals surface area contributed by atoms with Gasteiger partial charge in [0.05, 0.1) is 17.1 Å². The van der Waals surface area contributed by atoms with Crippen LogP contribution in [0.5, 0.6) is 5.75 Å². The van der Waals surface area contributed by atoms with Gasteiger partial charge in [-0.25, -0.2) is 4.39 Å². The van der Waals surface area contributed by atoms with E-state index in [1.165, 1.54) is 12.1 Å². The van der Waals surface area contributed by atoms with Crippen LogP contribution in [0.1, 0.15) is 13.8 Å². The second kappa shape index (κ2) is 4.04. The van der Waals surface area contributed by atoms with Crippen molar-refractivity contribution in [2.75, 3.05) is 0 Å². The number of nitrogens with zero attached hydrogens (tertiary/aromatic N) is 1. The lowest BCUT2D eigenvalue weighted by Gasteiger charge is -2.09. The van der Waals surface area contributed by atoms with Crippen LogP contribution in [0.25, 0.3) is 0 Å². The van der Waals surface area contributed by atoms with E-state index in [1.807, 2.05) is 0 Å². The highest BCUT2D eigenvalue weighted by molar-refractivity contribution is 5.37. The molecular formula is C9H10FNO3. The molecule has 0 saturated carbocycles. The van der Waals surface area contributed by atoms with Gasteiger partial charge < -0.3 is 4.74 Å².